The number of nitrogens with two attached hydrogens (primary N) is 1. The van der Waals surface area contributed by atoms with Gasteiger partial charge in [0.2, 0.25) is 0 Å². The SMILES string of the molecule is NCCCC/C=C\CCCCCS(=O)(=O)c1ccccc1O. The first-order chi connectivity index (χ1) is 10.6. The molecule has 4 nitrogen and oxygen atoms in total. The van der Waals surface area contributed by atoms with Crippen LogP contribution >= 0.6 is 0 Å². The lowest BCUT2D eigenvalue weighted by molar-refractivity contribution is 0.458. The molecule has 0 spiro atoms. The van der Waals surface area contributed by atoms with E-state index in [1.54, 1.807) is 12.1 Å². The van der Waals surface area contributed by atoms with Crippen molar-refractivity contribution in [2.45, 2.75) is 49.8 Å². The Morgan fingerprint density at radius 3 is 2.23 bits per heavy atom. The maximum Gasteiger partial charge on any atom is 0.182 e. The number of aromatic hydroxyl groups is 1. The zero-order chi connectivity index (χ0) is 16.3. The van der Waals surface area contributed by atoms with Gasteiger partial charge in [-0.15, -0.1) is 0 Å². The van der Waals surface area contributed by atoms with Crippen LogP contribution in [0.3, 0.4) is 0 Å². The van der Waals surface area contributed by atoms with Crippen molar-refractivity contribution < 1.29 is 13.5 Å². The highest BCUT2D eigenvalue weighted by Crippen LogP contribution is 2.23. The highest BCUT2D eigenvalue weighted by atomic mass is 32.2. The summed E-state index contributed by atoms with van der Waals surface area (Å²) in [5.41, 5.74) is 5.42. The van der Waals surface area contributed by atoms with Gasteiger partial charge < -0.3 is 10.8 Å². The Kier molecular flexibility index (Phi) is 8.85. The van der Waals surface area contributed by atoms with Crippen molar-refractivity contribution in [3.05, 3.63) is 36.4 Å². The molecule has 1 aromatic carbocycles. The van der Waals surface area contributed by atoms with Gasteiger partial charge in [0.25, 0.3) is 0 Å². The smallest absolute Gasteiger partial charge is 0.182 e. The number of hydrogen-bond acceptors (Lipinski definition) is 4. The second-order valence-electron chi connectivity index (χ2n) is 5.39. The van der Waals surface area contributed by atoms with E-state index in [9.17, 15) is 13.5 Å². The molecule has 0 bridgehead atoms. The molecule has 0 heterocycles. The third-order valence-corrected chi connectivity index (χ3v) is 5.32. The molecule has 1 rings (SSSR count). The molecule has 0 aliphatic rings. The Labute approximate surface area is 134 Å². The Morgan fingerprint density at radius 2 is 1.59 bits per heavy atom. The topological polar surface area (TPSA) is 80.4 Å². The number of rotatable bonds is 11. The summed E-state index contributed by atoms with van der Waals surface area (Å²) in [4.78, 5) is 0.0369. The molecule has 0 atom stereocenters. The Hall–Kier alpha value is -1.33. The van der Waals surface area contributed by atoms with Crippen LogP contribution in [-0.2, 0) is 9.84 Å². The number of sulfone groups is 1. The van der Waals surface area contributed by atoms with Gasteiger partial charge in [-0.25, -0.2) is 8.42 Å². The van der Waals surface area contributed by atoms with Gasteiger partial charge in [0.05, 0.1) is 5.75 Å². The molecule has 3 N–H and O–H groups in total. The Morgan fingerprint density at radius 1 is 0.955 bits per heavy atom. The van der Waals surface area contributed by atoms with Crippen LogP contribution in [0.1, 0.15) is 44.9 Å². The summed E-state index contributed by atoms with van der Waals surface area (Å²) >= 11 is 0. The zero-order valence-corrected chi connectivity index (χ0v) is 13.9. The maximum absolute atomic E-state index is 12.1. The molecule has 0 fully saturated rings. The van der Waals surface area contributed by atoms with Crippen molar-refractivity contribution in [1.29, 1.82) is 0 Å². The van der Waals surface area contributed by atoms with E-state index < -0.39 is 9.84 Å². The molecular formula is C17H27NO3S. The van der Waals surface area contributed by atoms with Crippen LogP contribution in [0.5, 0.6) is 5.75 Å². The molecule has 5 heteroatoms. The van der Waals surface area contributed by atoms with Crippen molar-refractivity contribution in [2.75, 3.05) is 12.3 Å². The van der Waals surface area contributed by atoms with E-state index in [1.807, 2.05) is 0 Å². The summed E-state index contributed by atoms with van der Waals surface area (Å²) in [7, 11) is -3.38. The fourth-order valence-electron chi connectivity index (χ4n) is 2.20. The first kappa shape index (κ1) is 18.7. The van der Waals surface area contributed by atoms with Crippen molar-refractivity contribution in [1.82, 2.24) is 0 Å². The van der Waals surface area contributed by atoms with E-state index >= 15 is 0 Å². The molecular weight excluding hydrogens is 298 g/mol. The molecule has 1 aromatic rings. The van der Waals surface area contributed by atoms with E-state index in [1.165, 1.54) is 12.1 Å². The molecule has 0 amide bonds. The number of phenols is 1. The third-order valence-electron chi connectivity index (χ3n) is 3.48. The van der Waals surface area contributed by atoms with Gasteiger partial charge in [-0.3, -0.25) is 0 Å². The summed E-state index contributed by atoms with van der Waals surface area (Å²) in [6.07, 6.45) is 11.1. The van der Waals surface area contributed by atoms with E-state index in [0.717, 1.165) is 45.1 Å². The van der Waals surface area contributed by atoms with E-state index in [0.29, 0.717) is 6.42 Å². The van der Waals surface area contributed by atoms with Crippen LogP contribution in [0, 0.1) is 0 Å². The first-order valence-corrected chi connectivity index (χ1v) is 9.59. The molecule has 124 valence electrons. The molecule has 0 aliphatic heterocycles. The van der Waals surface area contributed by atoms with Gasteiger partial charge in [-0.1, -0.05) is 30.7 Å². The number of phenolic OH excluding ortho intramolecular Hbond substituents is 1. The summed E-state index contributed by atoms with van der Waals surface area (Å²) in [6.45, 7) is 0.749. The van der Waals surface area contributed by atoms with E-state index in [2.05, 4.69) is 12.2 Å². The standard InChI is InChI=1S/C17H27NO3S/c18-14-10-6-4-2-1-3-5-7-11-15-22(20,21)17-13-9-8-12-16(17)19/h1-2,8-9,12-13,19H,3-7,10-11,14-15,18H2/b2-1-. The normalized spacial score (nSPS) is 12.0. The minimum atomic E-state index is -3.38. The average Bonchev–Trinajstić information content (AvgIpc) is 2.49. The van der Waals surface area contributed by atoms with Crippen molar-refractivity contribution in [3.63, 3.8) is 0 Å². The summed E-state index contributed by atoms with van der Waals surface area (Å²) in [6, 6.07) is 6.10. The van der Waals surface area contributed by atoms with Crippen LogP contribution in [-0.4, -0.2) is 25.8 Å². The van der Waals surface area contributed by atoms with Gasteiger partial charge in [0.15, 0.2) is 9.84 Å². The number of para-hydroxylation sites is 1. The van der Waals surface area contributed by atoms with Gasteiger partial charge in [0.1, 0.15) is 10.6 Å². The second kappa shape index (κ2) is 10.4. The molecule has 0 aromatic heterocycles. The molecule has 0 saturated carbocycles. The minimum absolute atomic E-state index is 0.0369. The van der Waals surface area contributed by atoms with Gasteiger partial charge in [-0.2, -0.15) is 0 Å². The molecule has 0 aliphatic carbocycles. The van der Waals surface area contributed by atoms with Crippen LogP contribution in [0.4, 0.5) is 0 Å². The average molecular weight is 325 g/mol. The summed E-state index contributed by atoms with van der Waals surface area (Å²) in [5, 5.41) is 9.61. The van der Waals surface area contributed by atoms with Crippen LogP contribution in [0.15, 0.2) is 41.3 Å². The van der Waals surface area contributed by atoms with Gasteiger partial charge >= 0.3 is 0 Å². The Bertz CT molecular complexity index is 553. The predicted octanol–water partition coefficient (Wildman–Crippen LogP) is 3.41. The summed E-state index contributed by atoms with van der Waals surface area (Å²) in [5.74, 6) is -0.0759. The number of benzene rings is 1. The van der Waals surface area contributed by atoms with Gasteiger partial charge in [0, 0.05) is 0 Å². The molecule has 0 unspecified atom stereocenters. The summed E-state index contributed by atoms with van der Waals surface area (Å²) < 4.78 is 24.2. The monoisotopic (exact) mass is 325 g/mol. The maximum atomic E-state index is 12.1. The molecule has 22 heavy (non-hydrogen) atoms. The quantitative estimate of drug-likeness (QED) is 0.482. The number of unbranched alkanes of at least 4 members (excludes halogenated alkanes) is 5. The Balaban J connectivity index is 2.20. The van der Waals surface area contributed by atoms with Crippen LogP contribution in [0.2, 0.25) is 0 Å². The minimum Gasteiger partial charge on any atom is -0.507 e. The van der Waals surface area contributed by atoms with Crippen molar-refractivity contribution in [3.8, 4) is 5.75 Å². The molecule has 0 radical (unpaired) electrons. The molecule has 0 saturated heterocycles. The fraction of sp³-hybridized carbons (Fsp3) is 0.529. The van der Waals surface area contributed by atoms with Crippen molar-refractivity contribution >= 4 is 9.84 Å². The highest BCUT2D eigenvalue weighted by molar-refractivity contribution is 7.91. The lowest BCUT2D eigenvalue weighted by atomic mass is 10.1. The predicted molar refractivity (Wildman–Crippen MR) is 90.7 cm³/mol. The third kappa shape index (κ3) is 7.09. The van der Waals surface area contributed by atoms with Crippen LogP contribution < -0.4 is 5.73 Å². The second-order valence-corrected chi connectivity index (χ2v) is 7.47. The lowest BCUT2D eigenvalue weighted by Crippen LogP contribution is -2.07. The zero-order valence-electron chi connectivity index (χ0n) is 13.1. The van der Waals surface area contributed by atoms with Crippen LogP contribution in [0.25, 0.3) is 0 Å². The lowest BCUT2D eigenvalue weighted by Gasteiger charge is -2.06. The highest BCUT2D eigenvalue weighted by Gasteiger charge is 2.17. The largest absolute Gasteiger partial charge is 0.507 e. The van der Waals surface area contributed by atoms with E-state index in [4.69, 9.17) is 5.73 Å². The van der Waals surface area contributed by atoms with Gasteiger partial charge in [-0.05, 0) is 57.2 Å². The van der Waals surface area contributed by atoms with E-state index in [-0.39, 0.29) is 16.4 Å². The number of allylic oxidation sites excluding steroid dienone is 2. The van der Waals surface area contributed by atoms with Crippen molar-refractivity contribution in [2.24, 2.45) is 5.73 Å². The first-order valence-electron chi connectivity index (χ1n) is 7.94. The fourth-order valence-corrected chi connectivity index (χ4v) is 3.68. The number of hydrogen-bond donors (Lipinski definition) is 2.